The fourth-order valence-electron chi connectivity index (χ4n) is 1.72. The number of carbonyl (C=O) groups excluding carboxylic acids is 2. The van der Waals surface area contributed by atoms with Crippen LogP contribution in [0.4, 0.5) is 0 Å². The van der Waals surface area contributed by atoms with Crippen LogP contribution in [-0.2, 0) is 19.1 Å². The number of ketones is 1. The summed E-state index contributed by atoms with van der Waals surface area (Å²) in [6, 6.07) is -1.16. The lowest BCUT2D eigenvalue weighted by Crippen LogP contribution is -2.45. The van der Waals surface area contributed by atoms with Crippen LogP contribution in [0, 0.1) is 0 Å². The highest BCUT2D eigenvalue weighted by molar-refractivity contribution is 6.25. The molecule has 0 saturated carbocycles. The van der Waals surface area contributed by atoms with E-state index >= 15 is 0 Å². The number of hydrogen-bond donors (Lipinski definition) is 2. The normalized spacial score (nSPS) is 19.3. The second-order valence-electron chi connectivity index (χ2n) is 4.15. The molecule has 19 heavy (non-hydrogen) atoms. The molecule has 2 N–H and O–H groups in total. The molecule has 2 atom stereocenters. The molecule has 0 radical (unpaired) electrons. The highest BCUT2D eigenvalue weighted by Crippen LogP contribution is 2.12. The lowest BCUT2D eigenvalue weighted by atomic mass is 10.1. The number of ether oxygens (including phenoxy) is 1. The number of nitrogens with zero attached hydrogens (tertiary/aromatic N) is 2. The van der Waals surface area contributed by atoms with Crippen molar-refractivity contribution in [2.75, 3.05) is 6.61 Å². The Hall–Kier alpha value is -2.05. The van der Waals surface area contributed by atoms with Crippen molar-refractivity contribution in [3.63, 3.8) is 0 Å². The van der Waals surface area contributed by atoms with E-state index in [0.29, 0.717) is 19.2 Å². The molecular weight excluding hydrogens is 254 g/mol. The average molecular weight is 269 g/mol. The van der Waals surface area contributed by atoms with E-state index in [-0.39, 0.29) is 12.8 Å². The molecule has 0 aliphatic carbocycles. The van der Waals surface area contributed by atoms with Crippen LogP contribution in [-0.4, -0.2) is 52.5 Å². The summed E-state index contributed by atoms with van der Waals surface area (Å²) in [5, 5.41) is 11.3. The van der Waals surface area contributed by atoms with Gasteiger partial charge in [0.25, 0.3) is 0 Å². The van der Waals surface area contributed by atoms with Crippen LogP contribution in [0.1, 0.15) is 25.7 Å². The molecule has 0 aromatic carbocycles. The first-order valence-electron chi connectivity index (χ1n) is 5.89. The number of Topliss-reactive ketones (excluding diaryl/α,β-unsaturated/α-hetero) is 1. The van der Waals surface area contributed by atoms with E-state index in [1.165, 1.54) is 0 Å². The van der Waals surface area contributed by atoms with Crippen LogP contribution < -0.4 is 5.32 Å². The predicted octanol–water partition coefficient (Wildman–Crippen LogP) is -0.615. The molecule has 1 rings (SSSR count). The number of hydrogen-bond acceptors (Lipinski definition) is 4. The molecule has 0 unspecified atom stereocenters. The smallest absolute Gasteiger partial charge is 0.326 e. The van der Waals surface area contributed by atoms with Gasteiger partial charge in [-0.05, 0) is 19.3 Å². The third kappa shape index (κ3) is 4.99. The molecular formula is C11H15N3O5. The van der Waals surface area contributed by atoms with Gasteiger partial charge >= 0.3 is 12.2 Å². The topological polar surface area (TPSA) is 129 Å². The van der Waals surface area contributed by atoms with Crippen LogP contribution in [0.2, 0.25) is 0 Å². The van der Waals surface area contributed by atoms with E-state index in [4.69, 9.17) is 15.4 Å². The molecule has 1 heterocycles. The summed E-state index contributed by atoms with van der Waals surface area (Å²) in [5.74, 6) is -2.21. The number of carbonyl (C=O) groups is 3. The van der Waals surface area contributed by atoms with Gasteiger partial charge in [0.05, 0.1) is 0 Å². The lowest BCUT2D eigenvalue weighted by Gasteiger charge is -2.16. The molecule has 1 aliphatic rings. The van der Waals surface area contributed by atoms with E-state index in [0.717, 1.165) is 6.42 Å². The van der Waals surface area contributed by atoms with Gasteiger partial charge in [-0.3, -0.25) is 9.59 Å². The van der Waals surface area contributed by atoms with E-state index < -0.39 is 29.8 Å². The zero-order chi connectivity index (χ0) is 14.3. The minimum absolute atomic E-state index is 0.0708. The van der Waals surface area contributed by atoms with Crippen molar-refractivity contribution in [2.24, 2.45) is 0 Å². The Morgan fingerprint density at radius 2 is 2.26 bits per heavy atom. The van der Waals surface area contributed by atoms with Crippen LogP contribution in [0.15, 0.2) is 0 Å². The average Bonchev–Trinajstić information content (AvgIpc) is 2.88. The van der Waals surface area contributed by atoms with E-state index in [1.54, 1.807) is 0 Å². The quantitative estimate of drug-likeness (QED) is 0.361. The Labute approximate surface area is 109 Å². The minimum Gasteiger partial charge on any atom is -0.480 e. The lowest BCUT2D eigenvalue weighted by molar-refractivity contribution is -0.143. The zero-order valence-corrected chi connectivity index (χ0v) is 10.2. The first-order chi connectivity index (χ1) is 9.04. The first-order valence-corrected chi connectivity index (χ1v) is 5.89. The number of carboxylic acids is 1. The van der Waals surface area contributed by atoms with Gasteiger partial charge in [0.2, 0.25) is 11.7 Å². The van der Waals surface area contributed by atoms with E-state index in [2.05, 4.69) is 10.1 Å². The van der Waals surface area contributed by atoms with Gasteiger partial charge in [-0.2, -0.15) is 4.79 Å². The standard InChI is InChI=1S/C11H15N3O5/c12-13-6-7(15)3-4-8(11(17)18)14-10(16)9-2-1-5-19-9/h6,8-9H,1-5H2,(H,14,16)(H,17,18)/t8-,9-/m0/s1. The Bertz CT molecular complexity index is 411. The van der Waals surface area contributed by atoms with Crippen LogP contribution in [0.3, 0.4) is 0 Å². The highest BCUT2D eigenvalue weighted by Gasteiger charge is 2.28. The molecule has 104 valence electrons. The maximum absolute atomic E-state index is 11.7. The van der Waals surface area contributed by atoms with Crippen LogP contribution in [0.25, 0.3) is 5.53 Å². The molecule has 1 fully saturated rings. The molecule has 8 nitrogen and oxygen atoms in total. The zero-order valence-electron chi connectivity index (χ0n) is 10.2. The van der Waals surface area contributed by atoms with Gasteiger partial charge in [0, 0.05) is 13.0 Å². The van der Waals surface area contributed by atoms with Gasteiger partial charge in [0.1, 0.15) is 12.1 Å². The summed E-state index contributed by atoms with van der Waals surface area (Å²) >= 11 is 0. The van der Waals surface area contributed by atoms with Crippen molar-refractivity contribution in [2.45, 2.75) is 37.8 Å². The molecule has 0 aromatic rings. The second kappa shape index (κ2) is 7.40. The summed E-state index contributed by atoms with van der Waals surface area (Å²) in [7, 11) is 0. The van der Waals surface area contributed by atoms with Crippen molar-refractivity contribution in [1.82, 2.24) is 5.32 Å². The molecule has 8 heteroatoms. The highest BCUT2D eigenvalue weighted by atomic mass is 16.5. The van der Waals surface area contributed by atoms with Crippen LogP contribution >= 0.6 is 0 Å². The summed E-state index contributed by atoms with van der Waals surface area (Å²) in [6.45, 7) is 0.487. The van der Waals surface area contributed by atoms with Crippen molar-refractivity contribution >= 4 is 23.9 Å². The summed E-state index contributed by atoms with van der Waals surface area (Å²) in [5.41, 5.74) is 8.15. The third-order valence-electron chi connectivity index (χ3n) is 2.72. The largest absolute Gasteiger partial charge is 0.480 e. The minimum atomic E-state index is -1.22. The molecule has 0 spiro atoms. The van der Waals surface area contributed by atoms with Crippen molar-refractivity contribution in [1.29, 1.82) is 0 Å². The third-order valence-corrected chi connectivity index (χ3v) is 2.72. The maximum atomic E-state index is 11.7. The molecule has 1 saturated heterocycles. The second-order valence-corrected chi connectivity index (χ2v) is 4.15. The summed E-state index contributed by atoms with van der Waals surface area (Å²) in [6.07, 6.45) is 1.21. The Kier molecular flexibility index (Phi) is 5.84. The Morgan fingerprint density at radius 1 is 1.53 bits per heavy atom. The number of amides is 1. The fraction of sp³-hybridized carbons (Fsp3) is 0.636. The van der Waals surface area contributed by atoms with Gasteiger partial charge in [-0.1, -0.05) is 0 Å². The number of aliphatic carboxylic acids is 1. The Balaban J connectivity index is 2.48. The maximum Gasteiger partial charge on any atom is 0.326 e. The number of carboxylic acid groups (broad SMARTS) is 1. The van der Waals surface area contributed by atoms with E-state index in [1.807, 2.05) is 0 Å². The molecule has 0 bridgehead atoms. The van der Waals surface area contributed by atoms with Crippen LogP contribution in [0.5, 0.6) is 0 Å². The predicted molar refractivity (Wildman–Crippen MR) is 62.5 cm³/mol. The fourth-order valence-corrected chi connectivity index (χ4v) is 1.72. The number of rotatable bonds is 7. The van der Waals surface area contributed by atoms with Gasteiger partial charge < -0.3 is 20.7 Å². The van der Waals surface area contributed by atoms with Gasteiger partial charge in [-0.15, -0.1) is 0 Å². The number of nitrogens with one attached hydrogen (secondary N) is 1. The van der Waals surface area contributed by atoms with Gasteiger partial charge in [-0.25, -0.2) is 4.79 Å². The monoisotopic (exact) mass is 269 g/mol. The van der Waals surface area contributed by atoms with E-state index in [9.17, 15) is 14.4 Å². The molecule has 1 aliphatic heterocycles. The van der Waals surface area contributed by atoms with Gasteiger partial charge in [0.15, 0.2) is 0 Å². The molecule has 1 amide bonds. The first kappa shape index (κ1) is 15.0. The van der Waals surface area contributed by atoms with Crippen molar-refractivity contribution < 1.29 is 29.0 Å². The summed E-state index contributed by atoms with van der Waals surface area (Å²) < 4.78 is 5.13. The molecule has 0 aromatic heterocycles. The van der Waals surface area contributed by atoms with Crippen molar-refractivity contribution in [3.8, 4) is 0 Å². The Morgan fingerprint density at radius 3 is 2.79 bits per heavy atom. The van der Waals surface area contributed by atoms with Crippen molar-refractivity contribution in [3.05, 3.63) is 5.53 Å². The SMILES string of the molecule is [N-]=[N+]=CC(=O)CC[C@H](NC(=O)[C@@H]1CCCO1)C(=O)O. The summed E-state index contributed by atoms with van der Waals surface area (Å²) in [4.78, 5) is 36.3.